The normalized spacial score (nSPS) is 17.5. The van der Waals surface area contributed by atoms with E-state index in [1.54, 1.807) is 6.07 Å². The number of rotatable bonds is 1. The lowest BCUT2D eigenvalue weighted by Gasteiger charge is -2.35. The topological polar surface area (TPSA) is 78.2 Å². The first-order chi connectivity index (χ1) is 9.56. The largest absolute Gasteiger partial charge is 0.489 e. The maximum Gasteiger partial charge on any atom is 0.313 e. The predicted molar refractivity (Wildman–Crippen MR) is 70.7 cm³/mol. The van der Waals surface area contributed by atoms with E-state index < -0.39 is 11.1 Å². The van der Waals surface area contributed by atoms with E-state index in [0.29, 0.717) is 11.4 Å². The van der Waals surface area contributed by atoms with E-state index in [1.807, 2.05) is 11.9 Å². The van der Waals surface area contributed by atoms with E-state index in [1.165, 1.54) is 18.3 Å². The maximum absolute atomic E-state index is 13.2. The average molecular weight is 277 g/mol. The number of H-pyrrole nitrogens is 2. The highest BCUT2D eigenvalue weighted by molar-refractivity contribution is 5.60. The summed E-state index contributed by atoms with van der Waals surface area (Å²) >= 11 is 0. The number of hydrogen-bond acceptors (Lipinski definition) is 4. The van der Waals surface area contributed by atoms with E-state index in [9.17, 15) is 14.0 Å². The monoisotopic (exact) mass is 277 g/mol. The third-order valence-electron chi connectivity index (χ3n) is 3.35. The Morgan fingerprint density at radius 1 is 1.35 bits per heavy atom. The molecule has 1 atom stereocenters. The molecular weight excluding hydrogens is 265 g/mol. The molecular formula is C13H12FN3O3. The van der Waals surface area contributed by atoms with Crippen molar-refractivity contribution in [2.24, 2.45) is 0 Å². The predicted octanol–water partition coefficient (Wildman–Crippen LogP) is 0.772. The first kappa shape index (κ1) is 12.5. The second-order valence-corrected chi connectivity index (χ2v) is 4.58. The molecule has 0 bridgehead atoms. The van der Waals surface area contributed by atoms with Gasteiger partial charge < -0.3 is 19.6 Å². The van der Waals surface area contributed by atoms with Crippen molar-refractivity contribution < 1.29 is 9.13 Å². The number of anilines is 1. The van der Waals surface area contributed by atoms with Gasteiger partial charge in [0, 0.05) is 19.3 Å². The molecule has 0 radical (unpaired) electrons. The van der Waals surface area contributed by atoms with Gasteiger partial charge in [0.25, 0.3) is 0 Å². The second-order valence-electron chi connectivity index (χ2n) is 4.58. The molecule has 3 rings (SSSR count). The molecule has 0 aliphatic carbocycles. The van der Waals surface area contributed by atoms with Crippen LogP contribution in [0.4, 0.5) is 10.1 Å². The Balaban J connectivity index is 2.01. The Morgan fingerprint density at radius 2 is 2.15 bits per heavy atom. The molecule has 2 heterocycles. The number of benzene rings is 1. The molecule has 2 aromatic rings. The molecule has 104 valence electrons. The SMILES string of the molecule is CN1c2ccc(F)cc2OCC1c1c[nH]c(=O)c(=O)[nH]1. The van der Waals surface area contributed by atoms with Crippen LogP contribution in [-0.4, -0.2) is 23.6 Å². The van der Waals surface area contributed by atoms with Crippen LogP contribution in [-0.2, 0) is 0 Å². The van der Waals surface area contributed by atoms with Crippen molar-refractivity contribution in [1.29, 1.82) is 0 Å². The summed E-state index contributed by atoms with van der Waals surface area (Å²) in [6.45, 7) is 0.245. The number of fused-ring (bicyclic) bond motifs is 1. The number of nitrogens with one attached hydrogen (secondary N) is 2. The summed E-state index contributed by atoms with van der Waals surface area (Å²) in [5, 5.41) is 0. The second kappa shape index (κ2) is 4.52. The Bertz CT molecular complexity index is 768. The molecule has 1 aromatic heterocycles. The van der Waals surface area contributed by atoms with Crippen molar-refractivity contribution in [2.75, 3.05) is 18.6 Å². The molecule has 1 unspecified atom stereocenters. The van der Waals surface area contributed by atoms with Crippen molar-refractivity contribution in [2.45, 2.75) is 6.04 Å². The van der Waals surface area contributed by atoms with Gasteiger partial charge in [-0.1, -0.05) is 0 Å². The molecule has 1 aliphatic rings. The molecule has 7 heteroatoms. The smallest absolute Gasteiger partial charge is 0.313 e. The summed E-state index contributed by atoms with van der Waals surface area (Å²) in [4.78, 5) is 29.2. The van der Waals surface area contributed by atoms with Gasteiger partial charge in [-0.3, -0.25) is 9.59 Å². The molecule has 2 N–H and O–H groups in total. The Labute approximate surface area is 112 Å². The van der Waals surface area contributed by atoms with Gasteiger partial charge in [0.2, 0.25) is 0 Å². The van der Waals surface area contributed by atoms with Crippen molar-refractivity contribution >= 4 is 5.69 Å². The van der Waals surface area contributed by atoms with Crippen molar-refractivity contribution in [1.82, 2.24) is 9.97 Å². The lowest BCUT2D eigenvalue weighted by Crippen LogP contribution is -2.38. The third kappa shape index (κ3) is 1.97. The summed E-state index contributed by atoms with van der Waals surface area (Å²) in [7, 11) is 1.81. The first-order valence-corrected chi connectivity index (χ1v) is 6.03. The van der Waals surface area contributed by atoms with Gasteiger partial charge in [0.05, 0.1) is 11.4 Å². The fourth-order valence-corrected chi connectivity index (χ4v) is 2.25. The summed E-state index contributed by atoms with van der Waals surface area (Å²) in [5.74, 6) is 0.0866. The quantitative estimate of drug-likeness (QED) is 0.755. The molecule has 1 aliphatic heterocycles. The van der Waals surface area contributed by atoms with Crippen LogP contribution in [0.1, 0.15) is 11.7 Å². The first-order valence-electron chi connectivity index (χ1n) is 6.03. The van der Waals surface area contributed by atoms with Crippen molar-refractivity contribution in [3.05, 3.63) is 56.6 Å². The van der Waals surface area contributed by atoms with Crippen LogP contribution >= 0.6 is 0 Å². The third-order valence-corrected chi connectivity index (χ3v) is 3.35. The minimum atomic E-state index is -0.708. The van der Waals surface area contributed by atoms with Crippen LogP contribution in [0.3, 0.4) is 0 Å². The van der Waals surface area contributed by atoms with Crippen LogP contribution in [0.2, 0.25) is 0 Å². The van der Waals surface area contributed by atoms with Gasteiger partial charge in [0.15, 0.2) is 0 Å². The van der Waals surface area contributed by atoms with Crippen LogP contribution in [0, 0.1) is 5.82 Å². The highest BCUT2D eigenvalue weighted by Crippen LogP contribution is 2.37. The van der Waals surface area contributed by atoms with Crippen LogP contribution in [0.25, 0.3) is 0 Å². The lowest BCUT2D eigenvalue weighted by atomic mass is 10.1. The molecule has 0 saturated carbocycles. The molecule has 0 fully saturated rings. The van der Waals surface area contributed by atoms with Gasteiger partial charge in [-0.25, -0.2) is 4.39 Å². The fraction of sp³-hybridized carbons (Fsp3) is 0.231. The standard InChI is InChI=1S/C13H12FN3O3/c1-17-9-3-2-7(14)4-11(9)20-6-10(17)8-5-15-12(18)13(19)16-8/h2-5,10H,6H2,1H3,(H,15,18)(H,16,19). The van der Waals surface area contributed by atoms with Crippen LogP contribution in [0.5, 0.6) is 5.75 Å². The summed E-state index contributed by atoms with van der Waals surface area (Å²) in [6.07, 6.45) is 1.45. The van der Waals surface area contributed by atoms with Gasteiger partial charge >= 0.3 is 11.1 Å². The zero-order valence-corrected chi connectivity index (χ0v) is 10.6. The molecule has 1 aromatic carbocycles. The number of ether oxygens (including phenoxy) is 1. The Kier molecular flexibility index (Phi) is 2.81. The highest BCUT2D eigenvalue weighted by atomic mass is 19.1. The van der Waals surface area contributed by atoms with E-state index in [0.717, 1.165) is 5.69 Å². The molecule has 0 spiro atoms. The van der Waals surface area contributed by atoms with Gasteiger partial charge in [-0.15, -0.1) is 0 Å². The summed E-state index contributed by atoms with van der Waals surface area (Å²) in [5.41, 5.74) is -0.154. The highest BCUT2D eigenvalue weighted by Gasteiger charge is 2.27. The minimum absolute atomic E-state index is 0.245. The number of aromatic nitrogens is 2. The van der Waals surface area contributed by atoms with E-state index >= 15 is 0 Å². The minimum Gasteiger partial charge on any atom is -0.489 e. The lowest BCUT2D eigenvalue weighted by molar-refractivity contribution is 0.264. The Hall–Kier alpha value is -2.57. The molecule has 6 nitrogen and oxygen atoms in total. The fourth-order valence-electron chi connectivity index (χ4n) is 2.25. The van der Waals surface area contributed by atoms with Crippen LogP contribution < -0.4 is 20.8 Å². The number of halogens is 1. The van der Waals surface area contributed by atoms with E-state index in [2.05, 4.69) is 9.97 Å². The maximum atomic E-state index is 13.2. The van der Waals surface area contributed by atoms with Gasteiger partial charge in [-0.05, 0) is 12.1 Å². The molecule has 0 saturated heterocycles. The number of hydrogen-bond donors (Lipinski definition) is 2. The zero-order chi connectivity index (χ0) is 14.3. The molecule has 0 amide bonds. The van der Waals surface area contributed by atoms with Gasteiger partial charge in [-0.2, -0.15) is 0 Å². The van der Waals surface area contributed by atoms with E-state index in [-0.39, 0.29) is 18.5 Å². The summed E-state index contributed by atoms with van der Waals surface area (Å²) in [6, 6.07) is 4.01. The average Bonchev–Trinajstić information content (AvgIpc) is 2.42. The summed E-state index contributed by atoms with van der Waals surface area (Å²) < 4.78 is 18.7. The number of aromatic amines is 2. The Morgan fingerprint density at radius 3 is 2.90 bits per heavy atom. The van der Waals surface area contributed by atoms with Crippen molar-refractivity contribution in [3.63, 3.8) is 0 Å². The van der Waals surface area contributed by atoms with Crippen LogP contribution in [0.15, 0.2) is 34.0 Å². The number of nitrogens with zero attached hydrogens (tertiary/aromatic N) is 1. The molecule has 20 heavy (non-hydrogen) atoms. The van der Waals surface area contributed by atoms with Crippen molar-refractivity contribution in [3.8, 4) is 5.75 Å². The van der Waals surface area contributed by atoms with E-state index in [4.69, 9.17) is 4.74 Å². The number of likely N-dealkylation sites (N-methyl/N-ethyl adjacent to an activating group) is 1. The zero-order valence-electron chi connectivity index (χ0n) is 10.6. The van der Waals surface area contributed by atoms with Gasteiger partial charge in [0.1, 0.15) is 24.2 Å².